The number of guanidine groups is 1. The second kappa shape index (κ2) is 10.4. The molecular weight excluding hydrogens is 498 g/mol. The Bertz CT molecular complexity index is 815. The highest BCUT2D eigenvalue weighted by atomic mass is 127. The number of nitrogens with one attached hydrogen (secondary N) is 2. The first-order valence-corrected chi connectivity index (χ1v) is 10.6. The van der Waals surface area contributed by atoms with Crippen molar-refractivity contribution < 1.29 is 17.6 Å². The topological polar surface area (TPSA) is 90.9 Å². The van der Waals surface area contributed by atoms with Crippen molar-refractivity contribution in [3.63, 3.8) is 0 Å². The minimum atomic E-state index is -3.13. The van der Waals surface area contributed by atoms with Crippen LogP contribution in [0.15, 0.2) is 29.3 Å². The molecule has 158 valence electrons. The molecule has 1 aromatic rings. The molecule has 2 rings (SSSR count). The molecule has 1 aliphatic heterocycles. The molecule has 1 saturated heterocycles. The van der Waals surface area contributed by atoms with E-state index in [4.69, 9.17) is 0 Å². The van der Waals surface area contributed by atoms with E-state index in [9.17, 15) is 17.6 Å². The highest BCUT2D eigenvalue weighted by Crippen LogP contribution is 2.23. The van der Waals surface area contributed by atoms with Gasteiger partial charge in [0.05, 0.1) is 22.6 Å². The van der Waals surface area contributed by atoms with Crippen LogP contribution in [0.1, 0.15) is 31.1 Å². The van der Waals surface area contributed by atoms with E-state index in [0.29, 0.717) is 32.1 Å². The lowest BCUT2D eigenvalue weighted by molar-refractivity contribution is 0.0950. The Balaban J connectivity index is 0.00000392. The molecule has 0 aromatic heterocycles. The van der Waals surface area contributed by atoms with Crippen LogP contribution in [-0.2, 0) is 9.84 Å². The molecule has 2 N–H and O–H groups in total. The Labute approximate surface area is 183 Å². The number of amides is 1. The van der Waals surface area contributed by atoms with Crippen LogP contribution in [0, 0.1) is 5.82 Å². The highest BCUT2D eigenvalue weighted by Gasteiger charge is 2.40. The molecule has 1 amide bonds. The molecule has 10 heteroatoms. The number of hydrogen-bond acceptors (Lipinski definition) is 4. The number of carbonyl (C=O) groups excluding carboxylic acids is 1. The third kappa shape index (κ3) is 6.03. The number of carbonyl (C=O) groups is 1. The first-order valence-electron chi connectivity index (χ1n) is 8.96. The predicted octanol–water partition coefficient (Wildman–Crippen LogP) is 1.65. The van der Waals surface area contributed by atoms with Gasteiger partial charge in [0.1, 0.15) is 5.82 Å². The summed E-state index contributed by atoms with van der Waals surface area (Å²) < 4.78 is 37.1. The maximum atomic E-state index is 13.6. The van der Waals surface area contributed by atoms with Gasteiger partial charge in [-0.15, -0.1) is 24.0 Å². The first kappa shape index (κ1) is 24.6. The minimum Gasteiger partial charge on any atom is -0.357 e. The molecule has 0 atom stereocenters. The van der Waals surface area contributed by atoms with Crippen molar-refractivity contribution in [3.8, 4) is 0 Å². The zero-order valence-electron chi connectivity index (χ0n) is 16.4. The van der Waals surface area contributed by atoms with Gasteiger partial charge in [-0.3, -0.25) is 9.79 Å². The van der Waals surface area contributed by atoms with Crippen LogP contribution in [0.2, 0.25) is 0 Å². The fourth-order valence-electron chi connectivity index (χ4n) is 2.82. The van der Waals surface area contributed by atoms with Gasteiger partial charge in [0, 0.05) is 26.2 Å². The number of nitrogens with zero attached hydrogens (tertiary/aromatic N) is 2. The summed E-state index contributed by atoms with van der Waals surface area (Å²) in [6.45, 7) is 7.27. The van der Waals surface area contributed by atoms with Gasteiger partial charge in [-0.25, -0.2) is 12.8 Å². The van der Waals surface area contributed by atoms with Crippen molar-refractivity contribution in [1.82, 2.24) is 15.5 Å². The molecule has 1 aromatic carbocycles. The molecular formula is C18H28FIN4O3S. The molecule has 1 heterocycles. The van der Waals surface area contributed by atoms with Gasteiger partial charge in [0.25, 0.3) is 5.91 Å². The Kier molecular flexibility index (Phi) is 9.12. The molecule has 28 heavy (non-hydrogen) atoms. The van der Waals surface area contributed by atoms with Gasteiger partial charge in [-0.05, 0) is 32.9 Å². The van der Waals surface area contributed by atoms with Crippen LogP contribution in [0.25, 0.3) is 0 Å². The van der Waals surface area contributed by atoms with Crippen LogP contribution >= 0.6 is 24.0 Å². The summed E-state index contributed by atoms with van der Waals surface area (Å²) in [5.41, 5.74) is -0.00336. The Morgan fingerprint density at radius 2 is 1.96 bits per heavy atom. The molecule has 1 fully saturated rings. The number of rotatable bonds is 5. The lowest BCUT2D eigenvalue weighted by atomic mass is 10.2. The minimum absolute atomic E-state index is 0. The molecule has 7 nitrogen and oxygen atoms in total. The maximum absolute atomic E-state index is 13.6. The summed E-state index contributed by atoms with van der Waals surface area (Å²) in [6.07, 6.45) is 0. The zero-order chi connectivity index (χ0) is 20.1. The van der Waals surface area contributed by atoms with Crippen molar-refractivity contribution in [2.75, 3.05) is 38.5 Å². The smallest absolute Gasteiger partial charge is 0.254 e. The summed E-state index contributed by atoms with van der Waals surface area (Å²) in [6, 6.07) is 5.79. The van der Waals surface area contributed by atoms with E-state index in [-0.39, 0.29) is 41.8 Å². The standard InChI is InChI=1S/C18H27FN4O3S.HI/c1-4-20-17(23-11-12-27(25,26)18(2,3)13-23)22-10-9-21-16(24)14-7-5-6-8-15(14)19;/h5-8H,4,9-13H2,1-3H3,(H,20,22)(H,21,24);1H. The molecule has 0 saturated carbocycles. The number of benzene rings is 1. The van der Waals surface area contributed by atoms with Crippen molar-refractivity contribution in [2.45, 2.75) is 25.5 Å². The molecule has 0 aliphatic carbocycles. The summed E-state index contributed by atoms with van der Waals surface area (Å²) in [5, 5.41) is 5.80. The van der Waals surface area contributed by atoms with Gasteiger partial charge in [0.2, 0.25) is 0 Å². The van der Waals surface area contributed by atoms with E-state index in [2.05, 4.69) is 15.6 Å². The molecule has 0 unspecified atom stereocenters. The first-order chi connectivity index (χ1) is 12.7. The average molecular weight is 526 g/mol. The third-order valence-electron chi connectivity index (χ3n) is 4.46. The molecule has 1 aliphatic rings. The van der Waals surface area contributed by atoms with E-state index >= 15 is 0 Å². The summed E-state index contributed by atoms with van der Waals surface area (Å²) in [4.78, 5) is 18.4. The van der Waals surface area contributed by atoms with Gasteiger partial charge >= 0.3 is 0 Å². The van der Waals surface area contributed by atoms with Crippen molar-refractivity contribution >= 4 is 45.7 Å². The Morgan fingerprint density at radius 3 is 2.57 bits per heavy atom. The van der Waals surface area contributed by atoms with Gasteiger partial charge < -0.3 is 15.5 Å². The number of hydrogen-bond donors (Lipinski definition) is 2. The van der Waals surface area contributed by atoms with Crippen molar-refractivity contribution in [3.05, 3.63) is 35.6 Å². The average Bonchev–Trinajstić information content (AvgIpc) is 2.60. The van der Waals surface area contributed by atoms with Crippen LogP contribution in [0.4, 0.5) is 4.39 Å². The van der Waals surface area contributed by atoms with E-state index in [1.165, 1.54) is 18.2 Å². The second-order valence-electron chi connectivity index (χ2n) is 6.97. The summed E-state index contributed by atoms with van der Waals surface area (Å²) in [7, 11) is -3.13. The number of halogens is 2. The Hall–Kier alpha value is -1.43. The molecule has 0 spiro atoms. The second-order valence-corrected chi connectivity index (χ2v) is 9.71. The van der Waals surface area contributed by atoms with Gasteiger partial charge in [-0.1, -0.05) is 12.1 Å². The lowest BCUT2D eigenvalue weighted by Gasteiger charge is -2.39. The SMILES string of the molecule is CCNC(=NCCNC(=O)c1ccccc1F)N1CCS(=O)(=O)C(C)(C)C1.I. The third-order valence-corrected chi connectivity index (χ3v) is 6.99. The largest absolute Gasteiger partial charge is 0.357 e. The summed E-state index contributed by atoms with van der Waals surface area (Å²) in [5.74, 6) is -0.364. The van der Waals surface area contributed by atoms with Crippen LogP contribution < -0.4 is 10.6 Å². The van der Waals surface area contributed by atoms with Crippen molar-refractivity contribution in [1.29, 1.82) is 0 Å². The monoisotopic (exact) mass is 526 g/mol. The van der Waals surface area contributed by atoms with E-state index in [1.807, 2.05) is 11.8 Å². The quantitative estimate of drug-likeness (QED) is 0.264. The summed E-state index contributed by atoms with van der Waals surface area (Å²) >= 11 is 0. The molecule has 0 radical (unpaired) electrons. The highest BCUT2D eigenvalue weighted by molar-refractivity contribution is 14.0. The van der Waals surface area contributed by atoms with E-state index in [0.717, 1.165) is 0 Å². The van der Waals surface area contributed by atoms with Gasteiger partial charge in [-0.2, -0.15) is 0 Å². The predicted molar refractivity (Wildman–Crippen MR) is 120 cm³/mol. The molecule has 0 bridgehead atoms. The fraction of sp³-hybridized carbons (Fsp3) is 0.556. The number of sulfone groups is 1. The van der Waals surface area contributed by atoms with E-state index in [1.54, 1.807) is 19.9 Å². The van der Waals surface area contributed by atoms with Crippen LogP contribution in [-0.4, -0.2) is 68.4 Å². The Morgan fingerprint density at radius 1 is 1.29 bits per heavy atom. The normalized spacial score (nSPS) is 18.1. The maximum Gasteiger partial charge on any atom is 0.254 e. The van der Waals surface area contributed by atoms with Crippen molar-refractivity contribution in [2.24, 2.45) is 4.99 Å². The zero-order valence-corrected chi connectivity index (χ0v) is 19.5. The number of aliphatic imine (C=N–C) groups is 1. The lowest BCUT2D eigenvalue weighted by Crippen LogP contribution is -2.57. The van der Waals surface area contributed by atoms with Crippen LogP contribution in [0.3, 0.4) is 0 Å². The fourth-order valence-corrected chi connectivity index (χ4v) is 4.19. The van der Waals surface area contributed by atoms with Crippen LogP contribution in [0.5, 0.6) is 0 Å². The van der Waals surface area contributed by atoms with Gasteiger partial charge in [0.15, 0.2) is 15.8 Å². The van der Waals surface area contributed by atoms with E-state index < -0.39 is 26.3 Å².